The van der Waals surface area contributed by atoms with E-state index in [-0.39, 0.29) is 55.6 Å². The zero-order chi connectivity index (χ0) is 44.8. The lowest BCUT2D eigenvalue weighted by molar-refractivity contribution is -0.160. The minimum Gasteiger partial charge on any atom is -0.507 e. The predicted molar refractivity (Wildman–Crippen MR) is 221 cm³/mol. The van der Waals surface area contributed by atoms with Crippen LogP contribution in [-0.2, 0) is 23.8 Å². The van der Waals surface area contributed by atoms with Crippen LogP contribution in [0.5, 0.6) is 23.0 Å². The number of fused-ring (bicyclic) bond motifs is 15. The van der Waals surface area contributed by atoms with Crippen LogP contribution in [0, 0.1) is 30.6 Å². The maximum absolute atomic E-state index is 14.5. The number of carbonyl (C=O) groups is 4. The van der Waals surface area contributed by atoms with Crippen molar-refractivity contribution in [3.63, 3.8) is 0 Å². The number of phenols is 3. The highest BCUT2D eigenvalue weighted by Gasteiger charge is 2.50. The van der Waals surface area contributed by atoms with Gasteiger partial charge in [0, 0.05) is 66.8 Å². The van der Waals surface area contributed by atoms with E-state index in [9.17, 15) is 44.7 Å². The van der Waals surface area contributed by atoms with Gasteiger partial charge in [0.25, 0.3) is 11.7 Å². The number of rotatable bonds is 4. The molecule has 0 aromatic heterocycles. The fraction of sp³-hybridized carbons (Fsp3) is 0.409. The predicted octanol–water partition coefficient (Wildman–Crippen LogP) is 4.87. The number of anilines is 3. The molecular formula is C44H50N4O13. The number of aliphatic hydroxyl groups is 2. The van der Waals surface area contributed by atoms with Crippen molar-refractivity contribution in [1.82, 2.24) is 0 Å². The third-order valence-electron chi connectivity index (χ3n) is 11.7. The maximum Gasteiger partial charge on any atom is 0.368 e. The molecule has 3 aromatic rings. The summed E-state index contributed by atoms with van der Waals surface area (Å²) in [7, 11) is 1.42. The molecule has 0 radical (unpaired) electrons. The van der Waals surface area contributed by atoms with E-state index >= 15 is 0 Å². The second kappa shape index (κ2) is 17.0. The van der Waals surface area contributed by atoms with Crippen molar-refractivity contribution in [3.05, 3.63) is 76.2 Å². The maximum atomic E-state index is 14.5. The number of allylic oxidation sites excluding steroid dienone is 2. The Kier molecular flexibility index (Phi) is 12.3. The Morgan fingerprint density at radius 3 is 2.26 bits per heavy atom. The number of aromatic hydroxyl groups is 3. The van der Waals surface area contributed by atoms with E-state index in [0.717, 1.165) is 0 Å². The van der Waals surface area contributed by atoms with Gasteiger partial charge >= 0.3 is 17.8 Å². The number of methoxy groups -OCH3 is 1. The number of phenolic OH excluding ortho intramolecular Hbond substituents is 3. The van der Waals surface area contributed by atoms with Gasteiger partial charge in [-0.1, -0.05) is 45.9 Å². The molecule has 0 fully saturated rings. The Balaban J connectivity index is 1.55. The summed E-state index contributed by atoms with van der Waals surface area (Å²) in [6, 6.07) is 3.75. The number of hydrogen-bond acceptors (Lipinski definition) is 14. The fourth-order valence-corrected chi connectivity index (χ4v) is 8.01. The molecule has 0 saturated carbocycles. The minimum absolute atomic E-state index is 0.00548. The normalized spacial score (nSPS) is 28.0. The van der Waals surface area contributed by atoms with Crippen molar-refractivity contribution < 1.29 is 63.7 Å². The monoisotopic (exact) mass is 842 g/mol. The Morgan fingerprint density at radius 1 is 0.902 bits per heavy atom. The number of ether oxygens (including phenoxy) is 4. The number of benzene rings is 3. The fourth-order valence-electron chi connectivity index (χ4n) is 8.01. The third-order valence-corrected chi connectivity index (χ3v) is 11.7. The number of hydrogen-bond donors (Lipinski definition) is 7. The van der Waals surface area contributed by atoms with Crippen LogP contribution in [0.15, 0.2) is 64.3 Å². The number of aliphatic hydroxyl groups excluding tert-OH is 2. The van der Waals surface area contributed by atoms with Crippen molar-refractivity contribution in [1.29, 1.82) is 0 Å². The molecule has 17 nitrogen and oxygen atoms in total. The van der Waals surface area contributed by atoms with Gasteiger partial charge < -0.3 is 55.1 Å². The van der Waals surface area contributed by atoms with Crippen molar-refractivity contribution in [3.8, 4) is 23.0 Å². The van der Waals surface area contributed by atoms with Crippen molar-refractivity contribution in [2.24, 2.45) is 33.7 Å². The SMILES string of the molecule is COC1C=COC2(C)Oc3c(C)c(O)c4c(O)c(c(Nc5ccc6c(c5)=NC(=O)N=6)c(O)c4c3C2=O)NC(=O)C(C)=CC=CC(C)C(O)C(C)C(O)C(C)C(OC(C)=O)C1C. The number of ketones is 1. The van der Waals surface area contributed by atoms with Crippen molar-refractivity contribution in [2.45, 2.75) is 85.6 Å². The van der Waals surface area contributed by atoms with Gasteiger partial charge in [0.2, 0.25) is 0 Å². The summed E-state index contributed by atoms with van der Waals surface area (Å²) in [4.78, 5) is 60.2. The largest absolute Gasteiger partial charge is 0.507 e. The first-order valence-electron chi connectivity index (χ1n) is 19.7. The topological polar surface area (TPSA) is 255 Å². The van der Waals surface area contributed by atoms with Gasteiger partial charge in [-0.25, -0.2) is 4.79 Å². The van der Waals surface area contributed by atoms with Crippen molar-refractivity contribution >= 4 is 51.5 Å². The molecule has 9 atom stereocenters. The number of carbonyl (C=O) groups excluding carboxylic acids is 4. The van der Waals surface area contributed by atoms with Crippen LogP contribution < -0.4 is 26.1 Å². The highest BCUT2D eigenvalue weighted by molar-refractivity contribution is 6.24. The molecule has 7 rings (SSSR count). The molecule has 3 amide bonds. The molecular weight excluding hydrogens is 792 g/mol. The Hall–Kier alpha value is -6.30. The molecule has 9 unspecified atom stereocenters. The standard InChI is InChI=1S/C44H50N4O13/c1-18-11-10-12-19(2)42(56)48-33-32(45-25-13-14-26-27(17-25)47-43(57)46-26)37(53)29-30(38(33)54)36(52)23(6)40-31(29)41(55)44(8,61-40)59-16-15-28(58-9)20(3)39(60-24(7)49)22(5)35(51)21(4)34(18)50/h10-18,20-22,28,34-35,39,45,50-54H,1-9H3,(H,48,56). The number of urea groups is 1. The summed E-state index contributed by atoms with van der Waals surface area (Å²) in [6.45, 7) is 12.3. The second-order valence-electron chi connectivity index (χ2n) is 15.9. The van der Waals surface area contributed by atoms with E-state index in [1.807, 2.05) is 0 Å². The molecule has 3 aromatic carbocycles. The summed E-state index contributed by atoms with van der Waals surface area (Å²) in [5.74, 6) is -8.99. The molecule has 0 spiro atoms. The quantitative estimate of drug-likeness (QED) is 0.105. The molecule has 4 aliphatic rings. The van der Waals surface area contributed by atoms with Gasteiger partial charge in [0.1, 0.15) is 34.7 Å². The van der Waals surface area contributed by atoms with Gasteiger partial charge in [0.05, 0.1) is 46.2 Å². The van der Waals surface area contributed by atoms with E-state index in [0.29, 0.717) is 5.36 Å². The number of esters is 1. The number of nitrogens with zero attached hydrogens (tertiary/aromatic N) is 2. The number of Topliss-reactive ketones (excluding diaryl/α,β-unsaturated/α-hetero) is 1. The molecule has 17 heteroatoms. The lowest BCUT2D eigenvalue weighted by Gasteiger charge is -2.38. The molecule has 4 aliphatic heterocycles. The summed E-state index contributed by atoms with van der Waals surface area (Å²) in [6.07, 6.45) is 3.28. The lowest BCUT2D eigenvalue weighted by Crippen LogP contribution is -2.46. The molecule has 4 heterocycles. The first-order valence-corrected chi connectivity index (χ1v) is 19.7. The molecule has 0 aliphatic carbocycles. The van der Waals surface area contributed by atoms with Gasteiger partial charge in [0.15, 0.2) is 5.75 Å². The zero-order valence-corrected chi connectivity index (χ0v) is 35.1. The molecule has 324 valence electrons. The highest BCUT2D eigenvalue weighted by Crippen LogP contribution is 2.57. The average Bonchev–Trinajstić information content (AvgIpc) is 3.72. The van der Waals surface area contributed by atoms with E-state index in [1.165, 1.54) is 71.4 Å². The molecule has 5 bridgehead atoms. The molecule has 61 heavy (non-hydrogen) atoms. The summed E-state index contributed by atoms with van der Waals surface area (Å²) in [5.41, 5.74) is -0.587. The lowest BCUT2D eigenvalue weighted by atomic mass is 9.78. The Morgan fingerprint density at radius 2 is 1.59 bits per heavy atom. The van der Waals surface area contributed by atoms with E-state index in [1.54, 1.807) is 39.8 Å². The Bertz CT molecular complexity index is 2550. The van der Waals surface area contributed by atoms with Crippen molar-refractivity contribution in [2.75, 3.05) is 17.7 Å². The molecule has 0 saturated heterocycles. The van der Waals surface area contributed by atoms with Crippen LogP contribution in [0.1, 0.15) is 64.4 Å². The first-order chi connectivity index (χ1) is 28.7. The van der Waals surface area contributed by atoms with Crippen LogP contribution in [0.25, 0.3) is 10.8 Å². The van der Waals surface area contributed by atoms with Gasteiger partial charge in [-0.3, -0.25) is 14.4 Å². The second-order valence-corrected chi connectivity index (χ2v) is 15.9. The summed E-state index contributed by atoms with van der Waals surface area (Å²) in [5, 5.41) is 64.0. The Labute approximate surface area is 350 Å². The summed E-state index contributed by atoms with van der Waals surface area (Å²) < 4.78 is 23.5. The van der Waals surface area contributed by atoms with Crippen LogP contribution >= 0.6 is 0 Å². The average molecular weight is 843 g/mol. The highest BCUT2D eigenvalue weighted by atomic mass is 16.7. The van der Waals surface area contributed by atoms with Crippen LogP contribution in [-0.4, -0.2) is 86.5 Å². The van der Waals surface area contributed by atoms with Gasteiger partial charge in [-0.15, -0.1) is 0 Å². The minimum atomic E-state index is -2.10. The van der Waals surface area contributed by atoms with Gasteiger partial charge in [-0.2, -0.15) is 9.98 Å². The first kappa shape index (κ1) is 44.3. The van der Waals surface area contributed by atoms with Gasteiger partial charge in [-0.05, 0) is 38.1 Å². The number of nitrogens with one attached hydrogen (secondary N) is 2. The molecule has 7 N–H and O–H groups in total. The van der Waals surface area contributed by atoms with E-state index < -0.39 is 94.8 Å². The zero-order valence-electron chi connectivity index (χ0n) is 35.1. The smallest absolute Gasteiger partial charge is 0.368 e. The number of amides is 3. The van der Waals surface area contributed by atoms with E-state index in [4.69, 9.17) is 18.9 Å². The van der Waals surface area contributed by atoms with Crippen LogP contribution in [0.3, 0.4) is 0 Å². The van der Waals surface area contributed by atoms with Crippen LogP contribution in [0.2, 0.25) is 0 Å². The van der Waals surface area contributed by atoms with E-state index in [2.05, 4.69) is 20.6 Å². The summed E-state index contributed by atoms with van der Waals surface area (Å²) >= 11 is 0. The van der Waals surface area contributed by atoms with Crippen LogP contribution in [0.4, 0.5) is 21.9 Å². The third kappa shape index (κ3) is 8.15.